The van der Waals surface area contributed by atoms with Gasteiger partial charge in [0.25, 0.3) is 0 Å². The summed E-state index contributed by atoms with van der Waals surface area (Å²) in [6, 6.07) is 6.66. The van der Waals surface area contributed by atoms with Crippen LogP contribution in [-0.4, -0.2) is 11.5 Å². The summed E-state index contributed by atoms with van der Waals surface area (Å²) in [5.41, 5.74) is 1.45. The molecule has 5 heteroatoms. The minimum Gasteiger partial charge on any atom is -0.489 e. The highest BCUT2D eigenvalue weighted by atomic mass is 35.5. The van der Waals surface area contributed by atoms with Gasteiger partial charge in [-0.3, -0.25) is 4.98 Å². The van der Waals surface area contributed by atoms with Crippen LogP contribution < -0.4 is 10.1 Å². The Kier molecular flexibility index (Phi) is 5.53. The summed E-state index contributed by atoms with van der Waals surface area (Å²) < 4.78 is 19.6. The fourth-order valence-electron chi connectivity index (χ4n) is 2.05. The van der Waals surface area contributed by atoms with Gasteiger partial charge < -0.3 is 10.1 Å². The molecule has 1 heterocycles. The van der Waals surface area contributed by atoms with Gasteiger partial charge in [0.05, 0.1) is 5.02 Å². The van der Waals surface area contributed by atoms with E-state index in [9.17, 15) is 4.39 Å². The molecule has 0 aliphatic carbocycles. The zero-order chi connectivity index (χ0) is 15.2. The lowest BCUT2D eigenvalue weighted by Gasteiger charge is -2.15. The van der Waals surface area contributed by atoms with Crippen LogP contribution in [-0.2, 0) is 6.61 Å². The molecule has 0 bridgehead atoms. The van der Waals surface area contributed by atoms with Crippen molar-refractivity contribution in [3.8, 4) is 5.75 Å². The van der Waals surface area contributed by atoms with Gasteiger partial charge >= 0.3 is 0 Å². The molecule has 0 aliphatic rings. The summed E-state index contributed by atoms with van der Waals surface area (Å²) in [6.45, 7) is 4.99. The van der Waals surface area contributed by atoms with E-state index >= 15 is 0 Å². The smallest absolute Gasteiger partial charge is 0.131 e. The Morgan fingerprint density at radius 2 is 2.19 bits per heavy atom. The van der Waals surface area contributed by atoms with E-state index in [1.165, 1.54) is 6.07 Å². The Bertz CT molecular complexity index is 607. The van der Waals surface area contributed by atoms with Crippen molar-refractivity contribution in [3.63, 3.8) is 0 Å². The zero-order valence-corrected chi connectivity index (χ0v) is 12.8. The van der Waals surface area contributed by atoms with Crippen molar-refractivity contribution in [1.29, 1.82) is 0 Å². The van der Waals surface area contributed by atoms with E-state index in [0.29, 0.717) is 16.3 Å². The summed E-state index contributed by atoms with van der Waals surface area (Å²) in [6.07, 6.45) is 3.20. The highest BCUT2D eigenvalue weighted by molar-refractivity contribution is 6.31. The second-order valence-corrected chi connectivity index (χ2v) is 5.13. The van der Waals surface area contributed by atoms with Crippen molar-refractivity contribution in [2.75, 3.05) is 6.54 Å². The van der Waals surface area contributed by atoms with Gasteiger partial charge in [-0.1, -0.05) is 24.6 Å². The van der Waals surface area contributed by atoms with Crippen LogP contribution in [0.25, 0.3) is 0 Å². The average Bonchev–Trinajstić information content (AvgIpc) is 2.46. The molecule has 0 saturated heterocycles. The lowest BCUT2D eigenvalue weighted by molar-refractivity contribution is 0.304. The van der Waals surface area contributed by atoms with E-state index in [2.05, 4.69) is 10.3 Å². The van der Waals surface area contributed by atoms with Crippen LogP contribution in [0.15, 0.2) is 36.7 Å². The monoisotopic (exact) mass is 308 g/mol. The molecule has 2 rings (SSSR count). The molecule has 0 spiro atoms. The fourth-order valence-corrected chi connectivity index (χ4v) is 2.22. The Labute approximate surface area is 129 Å². The average molecular weight is 309 g/mol. The van der Waals surface area contributed by atoms with E-state index in [0.717, 1.165) is 12.1 Å². The lowest BCUT2D eigenvalue weighted by Crippen LogP contribution is -2.18. The van der Waals surface area contributed by atoms with Gasteiger partial charge in [0.1, 0.15) is 18.2 Å². The van der Waals surface area contributed by atoms with Gasteiger partial charge in [0, 0.05) is 35.6 Å². The molecule has 1 unspecified atom stereocenters. The van der Waals surface area contributed by atoms with Crippen LogP contribution >= 0.6 is 11.6 Å². The van der Waals surface area contributed by atoms with Gasteiger partial charge in [-0.25, -0.2) is 4.39 Å². The number of pyridine rings is 1. The number of ether oxygens (including phenoxy) is 1. The molecule has 1 aromatic carbocycles. The van der Waals surface area contributed by atoms with Crippen LogP contribution in [0.4, 0.5) is 4.39 Å². The second-order valence-electron chi connectivity index (χ2n) is 4.72. The molecule has 0 radical (unpaired) electrons. The van der Waals surface area contributed by atoms with Crippen LogP contribution in [0.2, 0.25) is 5.02 Å². The third kappa shape index (κ3) is 4.16. The molecule has 0 fully saturated rings. The Morgan fingerprint density at radius 3 is 2.86 bits per heavy atom. The first-order chi connectivity index (χ1) is 10.1. The highest BCUT2D eigenvalue weighted by Crippen LogP contribution is 2.23. The zero-order valence-electron chi connectivity index (χ0n) is 12.1. The second kappa shape index (κ2) is 7.38. The number of nitrogens with one attached hydrogen (secondary N) is 1. The fraction of sp³-hybridized carbons (Fsp3) is 0.312. The van der Waals surface area contributed by atoms with Crippen molar-refractivity contribution in [2.45, 2.75) is 26.5 Å². The number of nitrogens with zero attached hydrogens (tertiary/aromatic N) is 1. The molecule has 3 nitrogen and oxygen atoms in total. The highest BCUT2D eigenvalue weighted by Gasteiger charge is 2.11. The minimum atomic E-state index is -0.276. The van der Waals surface area contributed by atoms with Crippen molar-refractivity contribution >= 4 is 11.6 Å². The van der Waals surface area contributed by atoms with Crippen molar-refractivity contribution < 1.29 is 9.13 Å². The molecule has 0 amide bonds. The number of hydrogen-bond donors (Lipinski definition) is 1. The van der Waals surface area contributed by atoms with Crippen molar-refractivity contribution in [2.24, 2.45) is 0 Å². The number of halogens is 2. The van der Waals surface area contributed by atoms with Gasteiger partial charge in [-0.15, -0.1) is 0 Å². The molecule has 112 valence electrons. The summed E-state index contributed by atoms with van der Waals surface area (Å²) >= 11 is 6.00. The molecule has 21 heavy (non-hydrogen) atoms. The SMILES string of the molecule is CCNC(C)c1ccc(OCc2ccncc2Cl)cc1F. The van der Waals surface area contributed by atoms with E-state index in [4.69, 9.17) is 16.3 Å². The molecule has 1 N–H and O–H groups in total. The Balaban J connectivity index is 2.05. The van der Waals surface area contributed by atoms with Gasteiger partial charge in [0.2, 0.25) is 0 Å². The Hall–Kier alpha value is -1.65. The normalized spacial score (nSPS) is 12.2. The van der Waals surface area contributed by atoms with Crippen LogP contribution in [0.1, 0.15) is 31.0 Å². The van der Waals surface area contributed by atoms with Crippen LogP contribution in [0.5, 0.6) is 5.75 Å². The molecular formula is C16H18ClFN2O. The maximum absolute atomic E-state index is 14.1. The molecule has 2 aromatic rings. The summed E-state index contributed by atoms with van der Waals surface area (Å²) in [7, 11) is 0. The number of benzene rings is 1. The van der Waals surface area contributed by atoms with Crippen LogP contribution in [0.3, 0.4) is 0 Å². The third-order valence-electron chi connectivity index (χ3n) is 3.20. The summed E-state index contributed by atoms with van der Waals surface area (Å²) in [5.74, 6) is 0.203. The predicted molar refractivity (Wildman–Crippen MR) is 82.1 cm³/mol. The maximum Gasteiger partial charge on any atom is 0.131 e. The maximum atomic E-state index is 14.1. The third-order valence-corrected chi connectivity index (χ3v) is 3.54. The quantitative estimate of drug-likeness (QED) is 0.871. The van der Waals surface area contributed by atoms with Crippen molar-refractivity contribution in [1.82, 2.24) is 10.3 Å². The van der Waals surface area contributed by atoms with E-state index in [1.807, 2.05) is 13.8 Å². The van der Waals surface area contributed by atoms with Gasteiger partial charge in [-0.05, 0) is 25.6 Å². The topological polar surface area (TPSA) is 34.1 Å². The molecule has 0 aliphatic heterocycles. The number of aromatic nitrogens is 1. The van der Waals surface area contributed by atoms with Gasteiger partial charge in [0.15, 0.2) is 0 Å². The molecular weight excluding hydrogens is 291 g/mol. The number of rotatable bonds is 6. The molecule has 1 aromatic heterocycles. The van der Waals surface area contributed by atoms with E-state index < -0.39 is 0 Å². The van der Waals surface area contributed by atoms with Crippen LogP contribution in [0, 0.1) is 5.82 Å². The largest absolute Gasteiger partial charge is 0.489 e. The first-order valence-electron chi connectivity index (χ1n) is 6.85. The summed E-state index contributed by atoms with van der Waals surface area (Å²) in [4.78, 5) is 3.91. The summed E-state index contributed by atoms with van der Waals surface area (Å²) in [5, 5.41) is 3.72. The first-order valence-corrected chi connectivity index (χ1v) is 7.23. The van der Waals surface area contributed by atoms with Gasteiger partial charge in [-0.2, -0.15) is 0 Å². The molecule has 0 saturated carbocycles. The standard InChI is InChI=1S/C16H18ClFN2O/c1-3-20-11(2)14-5-4-13(8-16(14)18)21-10-12-6-7-19-9-15(12)17/h4-9,11,20H,3,10H2,1-2H3. The van der Waals surface area contributed by atoms with Crippen molar-refractivity contribution in [3.05, 3.63) is 58.6 Å². The minimum absolute atomic E-state index is 0.0290. The lowest BCUT2D eigenvalue weighted by atomic mass is 10.1. The predicted octanol–water partition coefficient (Wildman–Crippen LogP) is 4.12. The number of hydrogen-bond acceptors (Lipinski definition) is 3. The van der Waals surface area contributed by atoms with E-state index in [1.54, 1.807) is 30.6 Å². The Morgan fingerprint density at radius 1 is 1.38 bits per heavy atom. The first kappa shape index (κ1) is 15.7. The molecule has 1 atom stereocenters. The van der Waals surface area contributed by atoms with E-state index in [-0.39, 0.29) is 18.5 Å².